The summed E-state index contributed by atoms with van der Waals surface area (Å²) in [5, 5.41) is 3.03. The molecule has 1 aromatic rings. The smallest absolute Gasteiger partial charge is 0.254 e. The number of rotatable bonds is 3. The summed E-state index contributed by atoms with van der Waals surface area (Å²) in [6.07, 6.45) is 2.36. The summed E-state index contributed by atoms with van der Waals surface area (Å²) in [4.78, 5) is 17.4. The average molecular weight is 210 g/mol. The van der Waals surface area contributed by atoms with E-state index >= 15 is 0 Å². The zero-order valence-electron chi connectivity index (χ0n) is 8.32. The minimum absolute atomic E-state index is 0.123. The minimum Gasteiger partial charge on any atom is -0.376 e. The van der Waals surface area contributed by atoms with E-state index in [0.717, 1.165) is 19.4 Å². The SMILES string of the molecule is Nc1nc(NC[C@@H]2CCCO2)cc(=O)[nH]1. The highest BCUT2D eigenvalue weighted by Crippen LogP contribution is 2.12. The van der Waals surface area contributed by atoms with Gasteiger partial charge in [0.2, 0.25) is 5.95 Å². The van der Waals surface area contributed by atoms with Crippen molar-refractivity contribution in [1.82, 2.24) is 9.97 Å². The molecule has 0 unspecified atom stereocenters. The predicted molar refractivity (Wildman–Crippen MR) is 56.7 cm³/mol. The Morgan fingerprint density at radius 3 is 3.27 bits per heavy atom. The molecular weight excluding hydrogens is 196 g/mol. The number of hydrogen-bond acceptors (Lipinski definition) is 5. The van der Waals surface area contributed by atoms with Crippen molar-refractivity contribution in [3.05, 3.63) is 16.4 Å². The lowest BCUT2D eigenvalue weighted by Crippen LogP contribution is -2.21. The van der Waals surface area contributed by atoms with E-state index in [2.05, 4.69) is 15.3 Å². The number of nitrogens with two attached hydrogens (primary N) is 1. The van der Waals surface area contributed by atoms with Crippen molar-refractivity contribution in [2.24, 2.45) is 0 Å². The molecule has 6 nitrogen and oxygen atoms in total. The second-order valence-corrected chi connectivity index (χ2v) is 3.53. The van der Waals surface area contributed by atoms with E-state index in [-0.39, 0.29) is 17.6 Å². The number of nitrogens with one attached hydrogen (secondary N) is 2. The Morgan fingerprint density at radius 1 is 1.73 bits per heavy atom. The molecule has 6 heteroatoms. The molecule has 0 radical (unpaired) electrons. The molecule has 82 valence electrons. The molecule has 1 fully saturated rings. The monoisotopic (exact) mass is 210 g/mol. The topological polar surface area (TPSA) is 93.0 Å². The van der Waals surface area contributed by atoms with Gasteiger partial charge in [0.1, 0.15) is 5.82 Å². The lowest BCUT2D eigenvalue weighted by Gasteiger charge is -2.10. The Kier molecular flexibility index (Phi) is 2.86. The Bertz CT molecular complexity index is 384. The number of aromatic nitrogens is 2. The quantitative estimate of drug-likeness (QED) is 0.650. The van der Waals surface area contributed by atoms with Crippen molar-refractivity contribution in [3.63, 3.8) is 0 Å². The van der Waals surface area contributed by atoms with Crippen LogP contribution < -0.4 is 16.6 Å². The molecule has 2 rings (SSSR count). The normalized spacial score (nSPS) is 20.4. The summed E-state index contributed by atoms with van der Waals surface area (Å²) in [7, 11) is 0. The molecule has 0 bridgehead atoms. The van der Waals surface area contributed by atoms with Gasteiger partial charge in [-0.25, -0.2) is 0 Å². The van der Waals surface area contributed by atoms with Gasteiger partial charge in [-0.15, -0.1) is 0 Å². The lowest BCUT2D eigenvalue weighted by molar-refractivity contribution is 0.120. The highest BCUT2D eigenvalue weighted by Gasteiger charge is 2.15. The van der Waals surface area contributed by atoms with Gasteiger partial charge in [-0.05, 0) is 12.8 Å². The number of ether oxygens (including phenoxy) is 1. The first-order valence-corrected chi connectivity index (χ1v) is 4.96. The van der Waals surface area contributed by atoms with E-state index in [4.69, 9.17) is 10.5 Å². The maximum atomic E-state index is 11.1. The number of nitrogens with zero attached hydrogens (tertiary/aromatic N) is 1. The third-order valence-corrected chi connectivity index (χ3v) is 2.29. The van der Waals surface area contributed by atoms with Crippen LogP contribution >= 0.6 is 0 Å². The standard InChI is InChI=1S/C9H14N4O2/c10-9-12-7(4-8(14)13-9)11-5-6-2-1-3-15-6/h4,6H,1-3,5H2,(H4,10,11,12,13,14)/t6-/m0/s1. The van der Waals surface area contributed by atoms with E-state index in [0.29, 0.717) is 12.4 Å². The Hall–Kier alpha value is -1.56. The van der Waals surface area contributed by atoms with Crippen molar-refractivity contribution in [3.8, 4) is 0 Å². The van der Waals surface area contributed by atoms with E-state index in [1.165, 1.54) is 6.07 Å². The summed E-state index contributed by atoms with van der Waals surface area (Å²) in [6, 6.07) is 1.38. The fraction of sp³-hybridized carbons (Fsp3) is 0.556. The van der Waals surface area contributed by atoms with Crippen molar-refractivity contribution in [2.45, 2.75) is 18.9 Å². The van der Waals surface area contributed by atoms with Crippen molar-refractivity contribution < 1.29 is 4.74 Å². The van der Waals surface area contributed by atoms with Crippen LogP contribution in [0.1, 0.15) is 12.8 Å². The molecule has 2 heterocycles. The van der Waals surface area contributed by atoms with E-state index < -0.39 is 0 Å². The number of anilines is 2. The van der Waals surface area contributed by atoms with Gasteiger partial charge in [0.25, 0.3) is 5.56 Å². The fourth-order valence-electron chi connectivity index (χ4n) is 1.59. The van der Waals surface area contributed by atoms with Gasteiger partial charge in [0.15, 0.2) is 0 Å². The Balaban J connectivity index is 1.95. The van der Waals surface area contributed by atoms with E-state index in [1.54, 1.807) is 0 Å². The van der Waals surface area contributed by atoms with Crippen molar-refractivity contribution in [1.29, 1.82) is 0 Å². The maximum absolute atomic E-state index is 11.1. The highest BCUT2D eigenvalue weighted by molar-refractivity contribution is 5.37. The second-order valence-electron chi connectivity index (χ2n) is 3.53. The molecule has 0 aliphatic carbocycles. The van der Waals surface area contributed by atoms with Crippen LogP contribution in [0.2, 0.25) is 0 Å². The van der Waals surface area contributed by atoms with Gasteiger partial charge in [-0.3, -0.25) is 9.78 Å². The zero-order chi connectivity index (χ0) is 10.7. The number of aromatic amines is 1. The highest BCUT2D eigenvalue weighted by atomic mass is 16.5. The molecule has 0 aromatic carbocycles. The number of H-pyrrole nitrogens is 1. The molecule has 1 aliphatic heterocycles. The van der Waals surface area contributed by atoms with Crippen LogP contribution in [0.25, 0.3) is 0 Å². The van der Waals surface area contributed by atoms with Gasteiger partial charge < -0.3 is 15.8 Å². The minimum atomic E-state index is -0.252. The molecule has 15 heavy (non-hydrogen) atoms. The summed E-state index contributed by atoms with van der Waals surface area (Å²) in [6.45, 7) is 1.48. The predicted octanol–water partition coefficient (Wildman–Crippen LogP) is -0.0570. The van der Waals surface area contributed by atoms with Gasteiger partial charge in [0.05, 0.1) is 6.10 Å². The number of nitrogen functional groups attached to an aromatic ring is 1. The van der Waals surface area contributed by atoms with Crippen LogP contribution in [0.15, 0.2) is 10.9 Å². The molecule has 1 aliphatic rings. The molecule has 1 aromatic heterocycles. The molecule has 1 saturated heterocycles. The van der Waals surface area contributed by atoms with Gasteiger partial charge in [0, 0.05) is 19.2 Å². The first-order chi connectivity index (χ1) is 7.24. The van der Waals surface area contributed by atoms with Crippen LogP contribution in [-0.2, 0) is 4.74 Å². The van der Waals surface area contributed by atoms with E-state index in [1.807, 2.05) is 0 Å². The molecule has 4 N–H and O–H groups in total. The third kappa shape index (κ3) is 2.69. The largest absolute Gasteiger partial charge is 0.376 e. The molecule has 0 saturated carbocycles. The zero-order valence-corrected chi connectivity index (χ0v) is 8.32. The van der Waals surface area contributed by atoms with E-state index in [9.17, 15) is 4.79 Å². The number of hydrogen-bond donors (Lipinski definition) is 3. The van der Waals surface area contributed by atoms with Crippen LogP contribution in [0.4, 0.5) is 11.8 Å². The summed E-state index contributed by atoms with van der Waals surface area (Å²) in [5.41, 5.74) is 5.15. The Labute approximate surface area is 86.9 Å². The summed E-state index contributed by atoms with van der Waals surface area (Å²) >= 11 is 0. The summed E-state index contributed by atoms with van der Waals surface area (Å²) in [5.74, 6) is 0.615. The van der Waals surface area contributed by atoms with Gasteiger partial charge in [-0.1, -0.05) is 0 Å². The second kappa shape index (κ2) is 4.31. The molecule has 0 spiro atoms. The Morgan fingerprint density at radius 2 is 2.60 bits per heavy atom. The fourth-order valence-corrected chi connectivity index (χ4v) is 1.59. The average Bonchev–Trinajstić information content (AvgIpc) is 2.65. The van der Waals surface area contributed by atoms with Crippen LogP contribution in [-0.4, -0.2) is 29.2 Å². The van der Waals surface area contributed by atoms with Gasteiger partial charge in [-0.2, -0.15) is 4.98 Å². The van der Waals surface area contributed by atoms with Crippen molar-refractivity contribution >= 4 is 11.8 Å². The van der Waals surface area contributed by atoms with Crippen LogP contribution in [0, 0.1) is 0 Å². The maximum Gasteiger partial charge on any atom is 0.254 e. The van der Waals surface area contributed by atoms with Crippen molar-refractivity contribution in [2.75, 3.05) is 24.2 Å². The summed E-state index contributed by atoms with van der Waals surface area (Å²) < 4.78 is 5.43. The third-order valence-electron chi connectivity index (χ3n) is 2.29. The van der Waals surface area contributed by atoms with Gasteiger partial charge >= 0.3 is 0 Å². The molecule has 1 atom stereocenters. The van der Waals surface area contributed by atoms with Crippen LogP contribution in [0.5, 0.6) is 0 Å². The molecule has 0 amide bonds. The first-order valence-electron chi connectivity index (χ1n) is 4.96. The lowest BCUT2D eigenvalue weighted by atomic mass is 10.2. The molecular formula is C9H14N4O2. The first kappa shape index (κ1) is 9.97. The van der Waals surface area contributed by atoms with Crippen LogP contribution in [0.3, 0.4) is 0 Å².